The molecule has 0 aliphatic carbocycles. The van der Waals surface area contributed by atoms with Gasteiger partial charge in [0.25, 0.3) is 5.56 Å². The number of benzene rings is 2. The Labute approximate surface area is 119 Å². The van der Waals surface area contributed by atoms with Crippen molar-refractivity contribution < 1.29 is 4.79 Å². The molecule has 104 valence electrons. The van der Waals surface area contributed by atoms with Crippen molar-refractivity contribution in [1.82, 2.24) is 9.97 Å². The standard InChI is InChI=1S/C15H12N4O2/c16-13(20)9-5-7-10(8-6-9)17-15-18-12-4-2-1-3-11(12)14(21)19-15/h1-8H,(H2,16,20)(H2,17,18,19,21). The molecular formula is C15H12N4O2. The fourth-order valence-corrected chi connectivity index (χ4v) is 2.00. The number of H-pyrrole nitrogens is 1. The van der Waals surface area contributed by atoms with Gasteiger partial charge in [-0.05, 0) is 36.4 Å². The fraction of sp³-hybridized carbons (Fsp3) is 0. The molecule has 1 amide bonds. The van der Waals surface area contributed by atoms with E-state index < -0.39 is 5.91 Å². The first-order valence-corrected chi connectivity index (χ1v) is 6.29. The molecule has 0 atom stereocenters. The van der Waals surface area contributed by atoms with Crippen LogP contribution in [0.3, 0.4) is 0 Å². The number of aromatic nitrogens is 2. The molecule has 0 spiro atoms. The number of hydrogen-bond donors (Lipinski definition) is 3. The normalized spacial score (nSPS) is 10.5. The lowest BCUT2D eigenvalue weighted by Crippen LogP contribution is -2.12. The van der Waals surface area contributed by atoms with Gasteiger partial charge in [0.05, 0.1) is 10.9 Å². The molecule has 1 aromatic heterocycles. The quantitative estimate of drug-likeness (QED) is 0.680. The van der Waals surface area contributed by atoms with E-state index >= 15 is 0 Å². The van der Waals surface area contributed by atoms with E-state index in [1.54, 1.807) is 42.5 Å². The minimum Gasteiger partial charge on any atom is -0.366 e. The first-order valence-electron chi connectivity index (χ1n) is 6.29. The summed E-state index contributed by atoms with van der Waals surface area (Å²) in [5, 5.41) is 3.52. The van der Waals surface area contributed by atoms with E-state index in [1.165, 1.54) is 0 Å². The van der Waals surface area contributed by atoms with Crippen LogP contribution in [0.25, 0.3) is 10.9 Å². The van der Waals surface area contributed by atoms with Crippen molar-refractivity contribution in [1.29, 1.82) is 0 Å². The maximum Gasteiger partial charge on any atom is 0.260 e. The van der Waals surface area contributed by atoms with E-state index in [9.17, 15) is 9.59 Å². The number of nitrogens with zero attached hydrogens (tertiary/aromatic N) is 1. The second kappa shape index (κ2) is 5.09. The Morgan fingerprint density at radius 3 is 2.52 bits per heavy atom. The number of carbonyl (C=O) groups is 1. The molecule has 4 N–H and O–H groups in total. The highest BCUT2D eigenvalue weighted by molar-refractivity contribution is 5.93. The number of primary amides is 1. The van der Waals surface area contributed by atoms with Gasteiger partial charge in [0.2, 0.25) is 11.9 Å². The number of anilines is 2. The summed E-state index contributed by atoms with van der Waals surface area (Å²) in [5.74, 6) is -0.149. The largest absolute Gasteiger partial charge is 0.366 e. The topological polar surface area (TPSA) is 101 Å². The third-order valence-corrected chi connectivity index (χ3v) is 3.05. The maximum atomic E-state index is 11.9. The molecule has 0 saturated carbocycles. The molecule has 1 heterocycles. The lowest BCUT2D eigenvalue weighted by Gasteiger charge is -2.06. The number of rotatable bonds is 3. The zero-order valence-electron chi connectivity index (χ0n) is 11.0. The van der Waals surface area contributed by atoms with Crippen molar-refractivity contribution in [3.05, 3.63) is 64.4 Å². The second-order valence-electron chi connectivity index (χ2n) is 4.50. The van der Waals surface area contributed by atoms with Gasteiger partial charge >= 0.3 is 0 Å². The first kappa shape index (κ1) is 12.9. The van der Waals surface area contributed by atoms with Crippen LogP contribution in [0.1, 0.15) is 10.4 Å². The van der Waals surface area contributed by atoms with E-state index in [0.29, 0.717) is 28.1 Å². The molecule has 0 aliphatic rings. The summed E-state index contributed by atoms with van der Waals surface area (Å²) in [7, 11) is 0. The summed E-state index contributed by atoms with van der Waals surface area (Å²) in [6.45, 7) is 0. The number of nitrogens with two attached hydrogens (primary N) is 1. The molecular weight excluding hydrogens is 268 g/mol. The summed E-state index contributed by atoms with van der Waals surface area (Å²) in [4.78, 5) is 29.9. The van der Waals surface area contributed by atoms with Crippen LogP contribution in [-0.2, 0) is 0 Å². The van der Waals surface area contributed by atoms with Crippen LogP contribution in [0.5, 0.6) is 0 Å². The zero-order valence-corrected chi connectivity index (χ0v) is 11.0. The van der Waals surface area contributed by atoms with Gasteiger partial charge < -0.3 is 11.1 Å². The molecule has 3 rings (SSSR count). The molecule has 0 aliphatic heterocycles. The highest BCUT2D eigenvalue weighted by Crippen LogP contribution is 2.15. The SMILES string of the molecule is NC(=O)c1ccc(Nc2nc3ccccc3c(=O)[nH]2)cc1. The van der Waals surface area contributed by atoms with Crippen molar-refractivity contribution in [2.75, 3.05) is 5.32 Å². The van der Waals surface area contributed by atoms with Crippen LogP contribution >= 0.6 is 0 Å². The van der Waals surface area contributed by atoms with Crippen LogP contribution in [0.15, 0.2) is 53.3 Å². The van der Waals surface area contributed by atoms with E-state index in [4.69, 9.17) is 5.73 Å². The Morgan fingerprint density at radius 2 is 1.81 bits per heavy atom. The third-order valence-electron chi connectivity index (χ3n) is 3.05. The van der Waals surface area contributed by atoms with Crippen LogP contribution in [0, 0.1) is 0 Å². The maximum absolute atomic E-state index is 11.9. The van der Waals surface area contributed by atoms with Crippen molar-refractivity contribution in [2.24, 2.45) is 5.73 Å². The smallest absolute Gasteiger partial charge is 0.260 e. The molecule has 2 aromatic carbocycles. The van der Waals surface area contributed by atoms with E-state index in [2.05, 4.69) is 15.3 Å². The van der Waals surface area contributed by atoms with Crippen LogP contribution in [-0.4, -0.2) is 15.9 Å². The van der Waals surface area contributed by atoms with Crippen molar-refractivity contribution in [2.45, 2.75) is 0 Å². The molecule has 0 radical (unpaired) electrons. The molecule has 6 heteroatoms. The van der Waals surface area contributed by atoms with Gasteiger partial charge in [-0.1, -0.05) is 12.1 Å². The number of carbonyl (C=O) groups excluding carboxylic acids is 1. The van der Waals surface area contributed by atoms with Gasteiger partial charge in [0, 0.05) is 11.3 Å². The lowest BCUT2D eigenvalue weighted by atomic mass is 10.2. The Kier molecular flexibility index (Phi) is 3.12. The summed E-state index contributed by atoms with van der Waals surface area (Å²) in [6.07, 6.45) is 0. The number of para-hydroxylation sites is 1. The van der Waals surface area contributed by atoms with Crippen molar-refractivity contribution >= 4 is 28.4 Å². The van der Waals surface area contributed by atoms with Gasteiger partial charge in [-0.15, -0.1) is 0 Å². The Morgan fingerprint density at radius 1 is 1.10 bits per heavy atom. The Balaban J connectivity index is 1.94. The van der Waals surface area contributed by atoms with Crippen LogP contribution in [0.2, 0.25) is 0 Å². The minimum absolute atomic E-state index is 0.211. The van der Waals surface area contributed by atoms with Crippen molar-refractivity contribution in [3.63, 3.8) is 0 Å². The van der Waals surface area contributed by atoms with Gasteiger partial charge in [-0.3, -0.25) is 14.6 Å². The molecule has 21 heavy (non-hydrogen) atoms. The molecule has 3 aromatic rings. The summed E-state index contributed by atoms with van der Waals surface area (Å²) >= 11 is 0. The number of amides is 1. The highest BCUT2D eigenvalue weighted by atomic mass is 16.1. The first-order chi connectivity index (χ1) is 10.1. The van der Waals surface area contributed by atoms with Crippen molar-refractivity contribution in [3.8, 4) is 0 Å². The second-order valence-corrected chi connectivity index (χ2v) is 4.50. The number of fused-ring (bicyclic) bond motifs is 1. The van der Waals surface area contributed by atoms with Crippen LogP contribution in [0.4, 0.5) is 11.6 Å². The third kappa shape index (κ3) is 2.59. The monoisotopic (exact) mass is 280 g/mol. The van der Waals surface area contributed by atoms with Gasteiger partial charge in [0.15, 0.2) is 0 Å². The predicted octanol–water partition coefficient (Wildman–Crippen LogP) is 1.77. The summed E-state index contributed by atoms with van der Waals surface area (Å²) in [6, 6.07) is 13.7. The Hall–Kier alpha value is -3.15. The van der Waals surface area contributed by atoms with Gasteiger partial charge in [0.1, 0.15) is 0 Å². The highest BCUT2D eigenvalue weighted by Gasteiger charge is 2.04. The van der Waals surface area contributed by atoms with E-state index in [-0.39, 0.29) is 5.56 Å². The Bertz CT molecular complexity index is 869. The molecule has 0 fully saturated rings. The van der Waals surface area contributed by atoms with Crippen LogP contribution < -0.4 is 16.6 Å². The van der Waals surface area contributed by atoms with Gasteiger partial charge in [-0.25, -0.2) is 4.98 Å². The number of hydrogen-bond acceptors (Lipinski definition) is 4. The van der Waals surface area contributed by atoms with Gasteiger partial charge in [-0.2, -0.15) is 0 Å². The predicted molar refractivity (Wildman–Crippen MR) is 80.6 cm³/mol. The van der Waals surface area contributed by atoms with E-state index in [1.807, 2.05) is 6.07 Å². The number of aromatic amines is 1. The number of nitrogens with one attached hydrogen (secondary N) is 2. The summed E-state index contributed by atoms with van der Waals surface area (Å²) in [5.41, 5.74) is 6.69. The average Bonchev–Trinajstić information content (AvgIpc) is 2.48. The fourth-order valence-electron chi connectivity index (χ4n) is 2.00. The molecule has 6 nitrogen and oxygen atoms in total. The average molecular weight is 280 g/mol. The summed E-state index contributed by atoms with van der Waals surface area (Å²) < 4.78 is 0. The lowest BCUT2D eigenvalue weighted by molar-refractivity contribution is 0.100. The zero-order chi connectivity index (χ0) is 14.8. The molecule has 0 unspecified atom stereocenters. The minimum atomic E-state index is -0.487. The molecule has 0 saturated heterocycles. The van der Waals surface area contributed by atoms with E-state index in [0.717, 1.165) is 0 Å². The molecule has 0 bridgehead atoms.